The van der Waals surface area contributed by atoms with Crippen LogP contribution < -0.4 is 9.13 Å². The Bertz CT molecular complexity index is 1640. The molecular weight excluding hydrogens is 460 g/mol. The molecule has 1 aliphatic heterocycles. The lowest BCUT2D eigenvalue weighted by Crippen LogP contribution is -2.59. The number of fused-ring (bicyclic) bond motifs is 3. The third-order valence-corrected chi connectivity index (χ3v) is 8.28. The molecule has 0 aliphatic carbocycles. The van der Waals surface area contributed by atoms with Gasteiger partial charge in [0.05, 0.1) is 11.1 Å². The SMILES string of the molecule is CCC1(CC)C(=Cc2ccccc2-c2cc(-c3ccccc3)cc[n+]2C)c2ccccc2-c2cccc[n+]21. The van der Waals surface area contributed by atoms with Crippen molar-refractivity contribution in [1.29, 1.82) is 0 Å². The molecule has 0 unspecified atom stereocenters. The van der Waals surface area contributed by atoms with E-state index in [1.54, 1.807) is 0 Å². The normalized spacial score (nSPS) is 14.7. The minimum Gasteiger partial charge on any atom is -0.201 e. The van der Waals surface area contributed by atoms with Gasteiger partial charge in [-0.2, -0.15) is 4.57 Å². The van der Waals surface area contributed by atoms with E-state index < -0.39 is 0 Å². The van der Waals surface area contributed by atoms with Crippen molar-refractivity contribution < 1.29 is 9.13 Å². The molecule has 0 spiro atoms. The summed E-state index contributed by atoms with van der Waals surface area (Å²) in [5, 5.41) is 0. The third-order valence-electron chi connectivity index (χ3n) is 8.28. The van der Waals surface area contributed by atoms with E-state index in [0.29, 0.717) is 0 Å². The Morgan fingerprint density at radius 2 is 1.26 bits per heavy atom. The Morgan fingerprint density at radius 1 is 0.605 bits per heavy atom. The van der Waals surface area contributed by atoms with Crippen LogP contribution in [0.5, 0.6) is 0 Å². The van der Waals surface area contributed by atoms with Crippen molar-refractivity contribution in [3.05, 3.63) is 133 Å². The van der Waals surface area contributed by atoms with Crippen LogP contribution in [0, 0.1) is 0 Å². The van der Waals surface area contributed by atoms with Crippen molar-refractivity contribution in [1.82, 2.24) is 0 Å². The first-order valence-electron chi connectivity index (χ1n) is 13.6. The summed E-state index contributed by atoms with van der Waals surface area (Å²) in [6, 6.07) is 39.5. The average molecular weight is 495 g/mol. The topological polar surface area (TPSA) is 7.76 Å². The molecule has 6 rings (SSSR count). The number of rotatable bonds is 5. The molecule has 0 bridgehead atoms. The van der Waals surface area contributed by atoms with Crippen molar-refractivity contribution in [2.75, 3.05) is 0 Å². The molecule has 3 heterocycles. The second-order valence-corrected chi connectivity index (χ2v) is 10.2. The number of aryl methyl sites for hydroxylation is 1. The lowest BCUT2D eigenvalue weighted by atomic mass is 9.74. The summed E-state index contributed by atoms with van der Waals surface area (Å²) in [7, 11) is 2.14. The molecule has 2 heteroatoms. The lowest BCUT2D eigenvalue weighted by Gasteiger charge is -2.35. The minimum absolute atomic E-state index is 0.119. The standard InChI is InChI=1S/C36H34N2/c1-4-36(5-2)33(31-19-11-12-20-32(31)34-21-13-14-23-38(34)36)25-29-17-9-10-18-30(29)35-26-28(22-24-37(35)3)27-15-7-6-8-16-27/h6-26H,4-5H2,1-3H3/q+2. The predicted octanol–water partition coefficient (Wildman–Crippen LogP) is 7.87. The maximum Gasteiger partial charge on any atom is 0.213 e. The number of hydrogen-bond acceptors (Lipinski definition) is 0. The van der Waals surface area contributed by atoms with Gasteiger partial charge in [0.15, 0.2) is 17.9 Å². The van der Waals surface area contributed by atoms with Gasteiger partial charge in [0, 0.05) is 42.7 Å². The molecule has 3 aromatic carbocycles. The zero-order chi connectivity index (χ0) is 26.1. The van der Waals surface area contributed by atoms with Crippen LogP contribution >= 0.6 is 0 Å². The van der Waals surface area contributed by atoms with Crippen LogP contribution in [0.25, 0.3) is 45.3 Å². The second-order valence-electron chi connectivity index (χ2n) is 10.2. The summed E-state index contributed by atoms with van der Waals surface area (Å²) >= 11 is 0. The summed E-state index contributed by atoms with van der Waals surface area (Å²) in [4.78, 5) is 0. The highest BCUT2D eigenvalue weighted by Crippen LogP contribution is 2.45. The van der Waals surface area contributed by atoms with Crippen molar-refractivity contribution in [2.24, 2.45) is 7.05 Å². The Kier molecular flexibility index (Phi) is 6.25. The largest absolute Gasteiger partial charge is 0.213 e. The van der Waals surface area contributed by atoms with Gasteiger partial charge in [0.2, 0.25) is 11.4 Å². The number of nitrogens with zero attached hydrogens (tertiary/aromatic N) is 2. The quantitative estimate of drug-likeness (QED) is 0.220. The van der Waals surface area contributed by atoms with Crippen LogP contribution in [-0.2, 0) is 12.6 Å². The van der Waals surface area contributed by atoms with Gasteiger partial charge in [-0.15, -0.1) is 0 Å². The molecule has 0 atom stereocenters. The summed E-state index contributed by atoms with van der Waals surface area (Å²) in [5.74, 6) is 0. The van der Waals surface area contributed by atoms with Gasteiger partial charge in [0.1, 0.15) is 7.05 Å². The van der Waals surface area contributed by atoms with Crippen LogP contribution in [0.3, 0.4) is 0 Å². The molecule has 1 aliphatic rings. The highest BCUT2D eigenvalue weighted by atomic mass is 15.1. The Balaban J connectivity index is 1.59. The Hall–Kier alpha value is -4.30. The molecule has 0 radical (unpaired) electrons. The second kappa shape index (κ2) is 9.87. The molecule has 0 amide bonds. The van der Waals surface area contributed by atoms with Crippen molar-refractivity contribution in [3.8, 4) is 33.6 Å². The molecule has 186 valence electrons. The zero-order valence-corrected chi connectivity index (χ0v) is 22.4. The van der Waals surface area contributed by atoms with E-state index in [-0.39, 0.29) is 5.54 Å². The van der Waals surface area contributed by atoms with E-state index in [2.05, 4.69) is 158 Å². The lowest BCUT2D eigenvalue weighted by molar-refractivity contribution is -0.741. The van der Waals surface area contributed by atoms with Gasteiger partial charge in [-0.3, -0.25) is 0 Å². The third kappa shape index (κ3) is 3.88. The number of benzene rings is 3. The first-order valence-corrected chi connectivity index (χ1v) is 13.6. The predicted molar refractivity (Wildman–Crippen MR) is 157 cm³/mol. The van der Waals surface area contributed by atoms with Gasteiger partial charge in [0.25, 0.3) is 0 Å². The van der Waals surface area contributed by atoms with Crippen LogP contribution in [0.1, 0.15) is 37.8 Å². The molecular formula is C36H34N2+2. The monoisotopic (exact) mass is 494 g/mol. The van der Waals surface area contributed by atoms with E-state index >= 15 is 0 Å². The highest BCUT2D eigenvalue weighted by Gasteiger charge is 2.47. The first-order chi connectivity index (χ1) is 18.7. The number of aromatic nitrogens is 2. The van der Waals surface area contributed by atoms with Gasteiger partial charge in [-0.25, -0.2) is 4.57 Å². The Labute approximate surface area is 226 Å². The summed E-state index contributed by atoms with van der Waals surface area (Å²) in [5.41, 5.74) is 11.3. The van der Waals surface area contributed by atoms with E-state index in [1.165, 1.54) is 50.3 Å². The molecule has 38 heavy (non-hydrogen) atoms. The maximum atomic E-state index is 2.51. The van der Waals surface area contributed by atoms with Crippen molar-refractivity contribution in [2.45, 2.75) is 32.2 Å². The van der Waals surface area contributed by atoms with Gasteiger partial charge in [-0.1, -0.05) is 80.6 Å². The highest BCUT2D eigenvalue weighted by molar-refractivity contribution is 5.94. The zero-order valence-electron chi connectivity index (χ0n) is 22.4. The van der Waals surface area contributed by atoms with Crippen LogP contribution in [-0.4, -0.2) is 0 Å². The fourth-order valence-corrected chi connectivity index (χ4v) is 6.20. The van der Waals surface area contributed by atoms with E-state index in [4.69, 9.17) is 0 Å². The fourth-order valence-electron chi connectivity index (χ4n) is 6.20. The maximum absolute atomic E-state index is 2.51. The van der Waals surface area contributed by atoms with E-state index in [1.807, 2.05) is 0 Å². The van der Waals surface area contributed by atoms with Gasteiger partial charge in [-0.05, 0) is 46.5 Å². The molecule has 0 saturated carbocycles. The summed E-state index contributed by atoms with van der Waals surface area (Å²) < 4.78 is 4.75. The number of allylic oxidation sites excluding steroid dienone is 1. The number of pyridine rings is 2. The average Bonchev–Trinajstić information content (AvgIpc) is 2.99. The smallest absolute Gasteiger partial charge is 0.201 e. The fraction of sp³-hybridized carbons (Fsp3) is 0.167. The minimum atomic E-state index is -0.119. The number of hydrogen-bond donors (Lipinski definition) is 0. The van der Waals surface area contributed by atoms with Crippen molar-refractivity contribution in [3.63, 3.8) is 0 Å². The molecule has 5 aromatic rings. The Morgan fingerprint density at radius 3 is 2.03 bits per heavy atom. The van der Waals surface area contributed by atoms with Crippen LogP contribution in [0.2, 0.25) is 0 Å². The molecule has 2 nitrogen and oxygen atoms in total. The summed E-state index contributed by atoms with van der Waals surface area (Å²) in [6.07, 6.45) is 8.93. The molecule has 0 fully saturated rings. The van der Waals surface area contributed by atoms with E-state index in [0.717, 1.165) is 12.8 Å². The first kappa shape index (κ1) is 24.1. The van der Waals surface area contributed by atoms with Gasteiger partial charge < -0.3 is 0 Å². The molecule has 0 N–H and O–H groups in total. The summed E-state index contributed by atoms with van der Waals surface area (Å²) in [6.45, 7) is 4.65. The van der Waals surface area contributed by atoms with E-state index in [9.17, 15) is 0 Å². The molecule has 0 saturated heterocycles. The van der Waals surface area contributed by atoms with Crippen molar-refractivity contribution >= 4 is 11.6 Å². The van der Waals surface area contributed by atoms with Crippen LogP contribution in [0.15, 0.2) is 122 Å². The van der Waals surface area contributed by atoms with Gasteiger partial charge >= 0.3 is 0 Å². The van der Waals surface area contributed by atoms with Crippen LogP contribution in [0.4, 0.5) is 0 Å². The molecule has 2 aromatic heterocycles.